The second-order valence-electron chi connectivity index (χ2n) is 11.0. The van der Waals surface area contributed by atoms with Gasteiger partial charge in [-0.05, 0) is 87.0 Å². The van der Waals surface area contributed by atoms with E-state index < -0.39 is 17.3 Å². The van der Waals surface area contributed by atoms with Crippen LogP contribution in [0.3, 0.4) is 0 Å². The van der Waals surface area contributed by atoms with E-state index in [1.54, 1.807) is 6.07 Å². The summed E-state index contributed by atoms with van der Waals surface area (Å²) < 4.78 is 38.1. The Bertz CT molecular complexity index is 2270. The molecule has 6 rings (SSSR count). The fourth-order valence-electron chi connectivity index (χ4n) is 4.30. The van der Waals surface area contributed by atoms with Gasteiger partial charge in [0.1, 0.15) is 0 Å². The van der Waals surface area contributed by atoms with Crippen LogP contribution in [0.4, 0.5) is 13.2 Å². The minimum Gasteiger partial charge on any atom is -0.268 e. The molecule has 0 radical (unpaired) electrons. The van der Waals surface area contributed by atoms with Gasteiger partial charge in [-0.15, -0.1) is 6.42 Å². The number of alkyl halides is 3. The molecule has 0 aliphatic carbocycles. The van der Waals surface area contributed by atoms with Crippen molar-refractivity contribution in [3.8, 4) is 46.7 Å². The van der Waals surface area contributed by atoms with Gasteiger partial charge in [-0.2, -0.15) is 23.4 Å². The minimum atomic E-state index is -4.45. The van der Waals surface area contributed by atoms with Crippen molar-refractivity contribution in [1.82, 2.24) is 20.4 Å². The molecule has 2 N–H and O–H groups in total. The molecule has 2 aromatic heterocycles. The van der Waals surface area contributed by atoms with Crippen LogP contribution in [0.25, 0.3) is 22.5 Å². The SMILES string of the molecule is C#Cc1ccc(C)cc1.Cc1ccc(C#Cc2ccc(-c3ccc(=O)[nH]n3)cc2C)cc1.O=c1ccc(-c2ccc(Br)c(C(F)(F)F)c2)n[nH]1. The molecular weight excluding hydrogens is 705 g/mol. The summed E-state index contributed by atoms with van der Waals surface area (Å²) in [6.07, 6.45) is 0.703. The van der Waals surface area contributed by atoms with Crippen LogP contribution in [0, 0.1) is 45.0 Å². The molecule has 4 aromatic carbocycles. The fraction of sp³-hybridized carbons (Fsp3) is 0.100. The highest BCUT2D eigenvalue weighted by molar-refractivity contribution is 9.10. The molecule has 250 valence electrons. The molecule has 0 saturated carbocycles. The van der Waals surface area contributed by atoms with Gasteiger partial charge in [-0.1, -0.05) is 81.2 Å². The maximum atomic E-state index is 12.7. The molecule has 0 amide bonds. The predicted molar refractivity (Wildman–Crippen MR) is 194 cm³/mol. The second kappa shape index (κ2) is 16.9. The molecule has 6 aromatic rings. The average molecular weight is 736 g/mol. The van der Waals surface area contributed by atoms with Crippen molar-refractivity contribution < 1.29 is 13.2 Å². The van der Waals surface area contributed by atoms with E-state index in [0.29, 0.717) is 0 Å². The second-order valence-corrected chi connectivity index (χ2v) is 11.8. The van der Waals surface area contributed by atoms with Crippen molar-refractivity contribution in [2.24, 2.45) is 0 Å². The van der Waals surface area contributed by atoms with Crippen molar-refractivity contribution in [3.63, 3.8) is 0 Å². The summed E-state index contributed by atoms with van der Waals surface area (Å²) >= 11 is 2.85. The largest absolute Gasteiger partial charge is 0.417 e. The number of hydrogen-bond acceptors (Lipinski definition) is 4. The van der Waals surface area contributed by atoms with E-state index >= 15 is 0 Å². The van der Waals surface area contributed by atoms with Gasteiger partial charge in [0, 0.05) is 44.4 Å². The van der Waals surface area contributed by atoms with Gasteiger partial charge in [0.15, 0.2) is 0 Å². The number of aromatic amines is 2. The standard InChI is InChI=1S/C20H16N2O.C11H6BrF3N2O.C9H8/c1-14-3-5-16(6-4-14)7-8-17-9-10-18(13-15(17)2)19-11-12-20(23)22-21-19;12-8-2-1-6(5-7(8)11(13,14)15)9-3-4-10(18)17-16-9;1-3-9-6-4-8(2)5-7-9/h3-6,9-13H,1-2H3,(H,22,23);1-5H,(H,17,18);1,4-7H,2H3. The third kappa shape index (κ3) is 10.8. The van der Waals surface area contributed by atoms with E-state index in [0.717, 1.165) is 39.6 Å². The highest BCUT2D eigenvalue weighted by atomic mass is 79.9. The number of benzene rings is 4. The Kier molecular flexibility index (Phi) is 12.5. The highest BCUT2D eigenvalue weighted by Crippen LogP contribution is 2.36. The number of halogens is 4. The van der Waals surface area contributed by atoms with Crippen molar-refractivity contribution in [2.75, 3.05) is 0 Å². The first-order valence-corrected chi connectivity index (χ1v) is 15.8. The van der Waals surface area contributed by atoms with Gasteiger partial charge in [0.25, 0.3) is 11.1 Å². The van der Waals surface area contributed by atoms with E-state index in [4.69, 9.17) is 6.42 Å². The van der Waals surface area contributed by atoms with Gasteiger partial charge in [-0.25, -0.2) is 10.2 Å². The van der Waals surface area contributed by atoms with Crippen molar-refractivity contribution in [2.45, 2.75) is 26.9 Å². The molecule has 0 unspecified atom stereocenters. The normalized spacial score (nSPS) is 10.3. The number of terminal acetylenes is 1. The van der Waals surface area contributed by atoms with Crippen LogP contribution in [0.5, 0.6) is 0 Å². The molecule has 2 heterocycles. The molecule has 6 nitrogen and oxygen atoms in total. The smallest absolute Gasteiger partial charge is 0.268 e. The summed E-state index contributed by atoms with van der Waals surface area (Å²) in [7, 11) is 0. The van der Waals surface area contributed by atoms with Gasteiger partial charge in [0.05, 0.1) is 17.0 Å². The summed E-state index contributed by atoms with van der Waals surface area (Å²) in [5.41, 5.74) is 7.33. The van der Waals surface area contributed by atoms with E-state index in [1.165, 1.54) is 41.5 Å². The molecule has 0 bridgehead atoms. The maximum absolute atomic E-state index is 12.7. The summed E-state index contributed by atoms with van der Waals surface area (Å²) in [6, 6.07) is 31.6. The monoisotopic (exact) mass is 734 g/mol. The highest BCUT2D eigenvalue weighted by Gasteiger charge is 2.33. The summed E-state index contributed by atoms with van der Waals surface area (Å²) in [6.45, 7) is 6.12. The summed E-state index contributed by atoms with van der Waals surface area (Å²) in [4.78, 5) is 21.9. The minimum absolute atomic E-state index is 0.0387. The van der Waals surface area contributed by atoms with E-state index in [-0.39, 0.29) is 21.3 Å². The zero-order valence-corrected chi connectivity index (χ0v) is 28.8. The molecule has 0 aliphatic heterocycles. The fourth-order valence-corrected chi connectivity index (χ4v) is 4.77. The molecule has 0 fully saturated rings. The topological polar surface area (TPSA) is 91.5 Å². The zero-order chi connectivity index (χ0) is 36.3. The Balaban J connectivity index is 0.000000184. The van der Waals surface area contributed by atoms with Crippen LogP contribution >= 0.6 is 15.9 Å². The third-order valence-electron chi connectivity index (χ3n) is 7.06. The average Bonchev–Trinajstić information content (AvgIpc) is 3.10. The first kappa shape index (κ1) is 36.9. The van der Waals surface area contributed by atoms with E-state index in [2.05, 4.69) is 73.1 Å². The Morgan fingerprint density at radius 2 is 1.14 bits per heavy atom. The Labute approximate surface area is 295 Å². The number of rotatable bonds is 2. The molecule has 0 atom stereocenters. The van der Waals surface area contributed by atoms with Crippen molar-refractivity contribution in [3.05, 3.63) is 173 Å². The van der Waals surface area contributed by atoms with Gasteiger partial charge in [0.2, 0.25) is 0 Å². The lowest BCUT2D eigenvalue weighted by Gasteiger charge is -2.10. The third-order valence-corrected chi connectivity index (χ3v) is 7.75. The lowest BCUT2D eigenvalue weighted by Crippen LogP contribution is -2.08. The van der Waals surface area contributed by atoms with Gasteiger partial charge in [-0.3, -0.25) is 9.59 Å². The number of nitrogens with zero attached hydrogens (tertiary/aromatic N) is 2. The predicted octanol–water partition coefficient (Wildman–Crippen LogP) is 8.65. The molecule has 0 spiro atoms. The van der Waals surface area contributed by atoms with Crippen LogP contribution in [0.2, 0.25) is 0 Å². The summed E-state index contributed by atoms with van der Waals surface area (Å²) in [5.74, 6) is 8.94. The van der Waals surface area contributed by atoms with E-state index in [1.807, 2.05) is 68.4 Å². The maximum Gasteiger partial charge on any atom is 0.417 e. The van der Waals surface area contributed by atoms with Crippen LogP contribution in [0.1, 0.15) is 38.9 Å². The first-order valence-electron chi connectivity index (χ1n) is 15.0. The van der Waals surface area contributed by atoms with Crippen molar-refractivity contribution >= 4 is 15.9 Å². The Morgan fingerprint density at radius 3 is 1.60 bits per heavy atom. The van der Waals surface area contributed by atoms with E-state index in [9.17, 15) is 22.8 Å². The van der Waals surface area contributed by atoms with Crippen LogP contribution < -0.4 is 11.1 Å². The van der Waals surface area contributed by atoms with Crippen LogP contribution in [-0.4, -0.2) is 20.4 Å². The lowest BCUT2D eigenvalue weighted by atomic mass is 10.0. The molecular formula is C40H30BrF3N4O2. The number of nitrogens with one attached hydrogen (secondary N) is 2. The molecule has 0 aliphatic rings. The molecule has 50 heavy (non-hydrogen) atoms. The van der Waals surface area contributed by atoms with Crippen LogP contribution in [0.15, 0.2) is 123 Å². The van der Waals surface area contributed by atoms with Gasteiger partial charge >= 0.3 is 6.18 Å². The number of H-pyrrole nitrogens is 2. The molecule has 0 saturated heterocycles. The van der Waals surface area contributed by atoms with Crippen LogP contribution in [-0.2, 0) is 6.18 Å². The van der Waals surface area contributed by atoms with Crippen molar-refractivity contribution in [1.29, 1.82) is 0 Å². The first-order chi connectivity index (χ1) is 23.8. The van der Waals surface area contributed by atoms with Gasteiger partial charge < -0.3 is 0 Å². The zero-order valence-electron chi connectivity index (χ0n) is 27.2. The Hall–Kier alpha value is -5.97. The quantitative estimate of drug-likeness (QED) is 0.174. The summed E-state index contributed by atoms with van der Waals surface area (Å²) in [5, 5.41) is 12.4. The molecule has 10 heteroatoms. The number of aryl methyl sites for hydroxylation is 3. The number of aromatic nitrogens is 4. The lowest BCUT2D eigenvalue weighted by molar-refractivity contribution is -0.138. The Morgan fingerprint density at radius 1 is 0.640 bits per heavy atom. The number of hydrogen-bond donors (Lipinski definition) is 2.